The highest BCUT2D eigenvalue weighted by molar-refractivity contribution is 5.57. The molecule has 0 amide bonds. The van der Waals surface area contributed by atoms with Crippen molar-refractivity contribution in [2.45, 2.75) is 39.7 Å². The first-order valence-corrected chi connectivity index (χ1v) is 7.02. The molecular formula is C16H23N3. The van der Waals surface area contributed by atoms with Crippen LogP contribution in [0.5, 0.6) is 0 Å². The van der Waals surface area contributed by atoms with Gasteiger partial charge in [0.05, 0.1) is 0 Å². The van der Waals surface area contributed by atoms with Crippen molar-refractivity contribution in [3.05, 3.63) is 41.7 Å². The van der Waals surface area contributed by atoms with Crippen molar-refractivity contribution in [1.29, 1.82) is 0 Å². The summed E-state index contributed by atoms with van der Waals surface area (Å²) in [7, 11) is 0. The molecule has 0 unspecified atom stereocenters. The molecule has 0 fully saturated rings. The molecule has 2 N–H and O–H groups in total. The van der Waals surface area contributed by atoms with Crippen molar-refractivity contribution >= 4 is 0 Å². The first kappa shape index (κ1) is 13.8. The van der Waals surface area contributed by atoms with E-state index >= 15 is 0 Å². The summed E-state index contributed by atoms with van der Waals surface area (Å²) in [5.41, 5.74) is 9.40. The van der Waals surface area contributed by atoms with E-state index < -0.39 is 0 Å². The molecule has 0 radical (unpaired) electrons. The van der Waals surface area contributed by atoms with Gasteiger partial charge in [-0.15, -0.1) is 0 Å². The molecule has 0 aliphatic rings. The third-order valence-electron chi connectivity index (χ3n) is 3.49. The topological polar surface area (TPSA) is 43.8 Å². The summed E-state index contributed by atoms with van der Waals surface area (Å²) in [6, 6.07) is 8.71. The number of aromatic nitrogens is 2. The normalized spacial score (nSPS) is 11.2. The molecule has 102 valence electrons. The van der Waals surface area contributed by atoms with E-state index in [0.717, 1.165) is 18.8 Å². The van der Waals surface area contributed by atoms with Gasteiger partial charge in [-0.3, -0.25) is 0 Å². The SMILES string of the molecule is CCn1c(CCN)cnc1-c1ccc(C(C)C)cc1. The van der Waals surface area contributed by atoms with Crippen LogP contribution in [-0.4, -0.2) is 16.1 Å². The zero-order chi connectivity index (χ0) is 13.8. The lowest BCUT2D eigenvalue weighted by molar-refractivity contribution is 0.714. The van der Waals surface area contributed by atoms with E-state index in [4.69, 9.17) is 5.73 Å². The van der Waals surface area contributed by atoms with Gasteiger partial charge in [0, 0.05) is 30.4 Å². The van der Waals surface area contributed by atoms with Crippen LogP contribution in [0.15, 0.2) is 30.5 Å². The highest BCUT2D eigenvalue weighted by Crippen LogP contribution is 2.23. The summed E-state index contributed by atoms with van der Waals surface area (Å²) >= 11 is 0. The van der Waals surface area contributed by atoms with Crippen molar-refractivity contribution in [3.63, 3.8) is 0 Å². The Kier molecular flexibility index (Phi) is 4.38. The summed E-state index contributed by atoms with van der Waals surface area (Å²) in [5, 5.41) is 0. The maximum absolute atomic E-state index is 5.64. The Morgan fingerprint density at radius 3 is 2.42 bits per heavy atom. The van der Waals surface area contributed by atoms with E-state index in [2.05, 4.69) is 54.6 Å². The van der Waals surface area contributed by atoms with Gasteiger partial charge in [0.2, 0.25) is 0 Å². The lowest BCUT2D eigenvalue weighted by atomic mass is 10.0. The Balaban J connectivity index is 2.35. The summed E-state index contributed by atoms with van der Waals surface area (Å²) in [4.78, 5) is 4.56. The van der Waals surface area contributed by atoms with Gasteiger partial charge in [0.15, 0.2) is 0 Å². The highest BCUT2D eigenvalue weighted by Gasteiger charge is 2.10. The summed E-state index contributed by atoms with van der Waals surface area (Å²) in [6.45, 7) is 8.16. The molecule has 0 aliphatic carbocycles. The molecule has 1 aromatic carbocycles. The molecule has 1 aromatic heterocycles. The van der Waals surface area contributed by atoms with Crippen molar-refractivity contribution < 1.29 is 0 Å². The van der Waals surface area contributed by atoms with Gasteiger partial charge >= 0.3 is 0 Å². The molecule has 2 aromatic rings. The van der Waals surface area contributed by atoms with Crippen molar-refractivity contribution in [1.82, 2.24) is 9.55 Å². The number of imidazole rings is 1. The van der Waals surface area contributed by atoms with E-state index in [1.165, 1.54) is 16.8 Å². The number of nitrogens with zero attached hydrogens (tertiary/aromatic N) is 2. The van der Waals surface area contributed by atoms with Gasteiger partial charge in [-0.1, -0.05) is 38.1 Å². The maximum Gasteiger partial charge on any atom is 0.140 e. The van der Waals surface area contributed by atoms with Crippen molar-refractivity contribution in [2.24, 2.45) is 5.73 Å². The largest absolute Gasteiger partial charge is 0.330 e. The first-order valence-electron chi connectivity index (χ1n) is 7.02. The number of hydrogen-bond acceptors (Lipinski definition) is 2. The molecule has 2 rings (SSSR count). The number of hydrogen-bond donors (Lipinski definition) is 1. The molecule has 3 heteroatoms. The minimum atomic E-state index is 0.563. The summed E-state index contributed by atoms with van der Waals surface area (Å²) in [6.07, 6.45) is 2.83. The van der Waals surface area contributed by atoms with Crippen LogP contribution in [0.25, 0.3) is 11.4 Å². The third-order valence-corrected chi connectivity index (χ3v) is 3.49. The smallest absolute Gasteiger partial charge is 0.140 e. The average molecular weight is 257 g/mol. The van der Waals surface area contributed by atoms with Crippen molar-refractivity contribution in [2.75, 3.05) is 6.54 Å². The molecule has 0 saturated carbocycles. The van der Waals surface area contributed by atoms with Gasteiger partial charge < -0.3 is 10.3 Å². The van der Waals surface area contributed by atoms with Crippen LogP contribution < -0.4 is 5.73 Å². The van der Waals surface area contributed by atoms with Gasteiger partial charge in [0.25, 0.3) is 0 Å². The molecular weight excluding hydrogens is 234 g/mol. The van der Waals surface area contributed by atoms with Crippen LogP contribution in [0.2, 0.25) is 0 Å². The van der Waals surface area contributed by atoms with Crippen LogP contribution in [0.3, 0.4) is 0 Å². The van der Waals surface area contributed by atoms with Crippen molar-refractivity contribution in [3.8, 4) is 11.4 Å². The van der Waals surface area contributed by atoms with E-state index in [0.29, 0.717) is 12.5 Å². The zero-order valence-corrected chi connectivity index (χ0v) is 12.1. The standard InChI is InChI=1S/C16H23N3/c1-4-19-15(9-10-17)11-18-16(19)14-7-5-13(6-8-14)12(2)3/h5-8,11-12H,4,9-10,17H2,1-3H3. The monoisotopic (exact) mass is 257 g/mol. The molecule has 0 aliphatic heterocycles. The molecule has 0 spiro atoms. The van der Waals surface area contributed by atoms with Gasteiger partial charge in [-0.05, 0) is 24.9 Å². The van der Waals surface area contributed by atoms with Crippen LogP contribution in [0, 0.1) is 0 Å². The van der Waals surface area contributed by atoms with Crippen LogP contribution in [0.4, 0.5) is 0 Å². The Hall–Kier alpha value is -1.61. The van der Waals surface area contributed by atoms with Gasteiger partial charge in [-0.2, -0.15) is 0 Å². The highest BCUT2D eigenvalue weighted by atomic mass is 15.1. The van der Waals surface area contributed by atoms with E-state index in [-0.39, 0.29) is 0 Å². The summed E-state index contributed by atoms with van der Waals surface area (Å²) in [5.74, 6) is 1.61. The number of nitrogens with two attached hydrogens (primary N) is 1. The fraction of sp³-hybridized carbons (Fsp3) is 0.438. The third kappa shape index (κ3) is 2.87. The van der Waals surface area contributed by atoms with E-state index in [1.54, 1.807) is 0 Å². The second kappa shape index (κ2) is 6.02. The summed E-state index contributed by atoms with van der Waals surface area (Å²) < 4.78 is 2.25. The fourth-order valence-corrected chi connectivity index (χ4v) is 2.36. The molecule has 0 saturated heterocycles. The lowest BCUT2D eigenvalue weighted by Crippen LogP contribution is -2.09. The maximum atomic E-state index is 5.64. The fourth-order valence-electron chi connectivity index (χ4n) is 2.36. The van der Waals surface area contributed by atoms with Gasteiger partial charge in [0.1, 0.15) is 5.82 Å². The predicted molar refractivity (Wildman–Crippen MR) is 80.2 cm³/mol. The number of benzene rings is 1. The average Bonchev–Trinajstić information content (AvgIpc) is 2.82. The molecule has 0 atom stereocenters. The lowest BCUT2D eigenvalue weighted by Gasteiger charge is -2.10. The molecule has 19 heavy (non-hydrogen) atoms. The van der Waals surface area contributed by atoms with Crippen LogP contribution in [-0.2, 0) is 13.0 Å². The Bertz CT molecular complexity index is 523. The molecule has 1 heterocycles. The Morgan fingerprint density at radius 1 is 1.21 bits per heavy atom. The quantitative estimate of drug-likeness (QED) is 0.894. The van der Waals surface area contributed by atoms with E-state index in [9.17, 15) is 0 Å². The molecule has 0 bridgehead atoms. The van der Waals surface area contributed by atoms with Crippen LogP contribution in [0.1, 0.15) is 37.9 Å². The van der Waals surface area contributed by atoms with E-state index in [1.807, 2.05) is 6.20 Å². The predicted octanol–water partition coefficient (Wildman–Crippen LogP) is 3.19. The second-order valence-electron chi connectivity index (χ2n) is 5.13. The molecule has 3 nitrogen and oxygen atoms in total. The Morgan fingerprint density at radius 2 is 1.89 bits per heavy atom. The minimum Gasteiger partial charge on any atom is -0.330 e. The second-order valence-corrected chi connectivity index (χ2v) is 5.13. The van der Waals surface area contributed by atoms with Crippen LogP contribution >= 0.6 is 0 Å². The zero-order valence-electron chi connectivity index (χ0n) is 12.1. The van der Waals surface area contributed by atoms with Gasteiger partial charge in [-0.25, -0.2) is 4.98 Å². The Labute approximate surface area is 115 Å². The number of rotatable bonds is 5. The minimum absolute atomic E-state index is 0.563. The first-order chi connectivity index (χ1) is 9.17.